The number of amides is 1. The lowest BCUT2D eigenvalue weighted by atomic mass is 9.99. The molecule has 23 heavy (non-hydrogen) atoms. The molecular weight excluding hydrogens is 294 g/mol. The predicted molar refractivity (Wildman–Crippen MR) is 84.6 cm³/mol. The van der Waals surface area contributed by atoms with Gasteiger partial charge in [0.15, 0.2) is 12.3 Å². The van der Waals surface area contributed by atoms with Gasteiger partial charge in [-0.1, -0.05) is 24.3 Å². The number of ether oxygens (including phenoxy) is 1. The van der Waals surface area contributed by atoms with Crippen LogP contribution in [0.2, 0.25) is 0 Å². The first-order chi connectivity index (χ1) is 11.1. The molecule has 1 aliphatic rings. The van der Waals surface area contributed by atoms with Crippen LogP contribution < -0.4 is 4.74 Å². The smallest absolute Gasteiger partial charge is 0.283 e. The van der Waals surface area contributed by atoms with Crippen molar-refractivity contribution in [3.8, 4) is 5.75 Å². The van der Waals surface area contributed by atoms with Gasteiger partial charge in [-0.25, -0.2) is 0 Å². The maximum atomic E-state index is 12.5. The van der Waals surface area contributed by atoms with E-state index in [1.54, 1.807) is 37.4 Å². The first-order valence-electron chi connectivity index (χ1n) is 7.27. The number of hydrogen-bond acceptors (Lipinski definition) is 5. The molecule has 0 spiro atoms. The van der Waals surface area contributed by atoms with E-state index in [0.29, 0.717) is 17.0 Å². The monoisotopic (exact) mass is 311 g/mol. The maximum Gasteiger partial charge on any atom is 0.283 e. The van der Waals surface area contributed by atoms with Crippen molar-refractivity contribution in [2.24, 2.45) is 5.10 Å². The molecule has 1 aromatic carbocycles. The highest BCUT2D eigenvalue weighted by Crippen LogP contribution is 2.34. The van der Waals surface area contributed by atoms with Gasteiger partial charge >= 0.3 is 0 Å². The van der Waals surface area contributed by atoms with E-state index < -0.39 is 11.6 Å². The number of aliphatic hydroxyl groups is 1. The summed E-state index contributed by atoms with van der Waals surface area (Å²) in [5.41, 5.74) is -0.326. The van der Waals surface area contributed by atoms with Crippen LogP contribution in [0.15, 0.2) is 60.0 Å². The van der Waals surface area contributed by atoms with Crippen LogP contribution >= 0.6 is 0 Å². The second kappa shape index (κ2) is 6.18. The molecule has 6 nitrogen and oxygen atoms in total. The summed E-state index contributed by atoms with van der Waals surface area (Å²) in [6, 6.07) is 12.5. The number of rotatable bonds is 4. The van der Waals surface area contributed by atoms with Crippen LogP contribution in [-0.2, 0) is 10.5 Å². The van der Waals surface area contributed by atoms with Crippen molar-refractivity contribution in [1.29, 1.82) is 0 Å². The molecule has 1 amide bonds. The Kier molecular flexibility index (Phi) is 4.08. The van der Waals surface area contributed by atoms with Crippen molar-refractivity contribution < 1.29 is 14.6 Å². The van der Waals surface area contributed by atoms with Gasteiger partial charge in [-0.15, -0.1) is 0 Å². The maximum absolute atomic E-state index is 12.5. The zero-order valence-electron chi connectivity index (χ0n) is 12.7. The fraction of sp³-hybridized carbons (Fsp3) is 0.235. The highest BCUT2D eigenvalue weighted by molar-refractivity contribution is 5.89. The molecule has 0 saturated carbocycles. The number of pyridine rings is 1. The summed E-state index contributed by atoms with van der Waals surface area (Å²) < 4.78 is 5.46. The van der Waals surface area contributed by atoms with E-state index in [0.717, 1.165) is 5.01 Å². The third-order valence-corrected chi connectivity index (χ3v) is 3.59. The predicted octanol–water partition coefficient (Wildman–Crippen LogP) is 1.91. The molecule has 1 N–H and O–H groups in total. The van der Waals surface area contributed by atoms with E-state index in [9.17, 15) is 9.90 Å². The Bertz CT molecular complexity index is 718. The van der Waals surface area contributed by atoms with Gasteiger partial charge in [0.1, 0.15) is 5.75 Å². The zero-order chi connectivity index (χ0) is 16.3. The quantitative estimate of drug-likeness (QED) is 0.936. The number of benzene rings is 1. The summed E-state index contributed by atoms with van der Waals surface area (Å²) in [4.78, 5) is 16.5. The van der Waals surface area contributed by atoms with E-state index in [-0.39, 0.29) is 13.0 Å². The minimum absolute atomic E-state index is 0.205. The molecule has 6 heteroatoms. The van der Waals surface area contributed by atoms with E-state index >= 15 is 0 Å². The Morgan fingerprint density at radius 2 is 2.09 bits per heavy atom. The average molecular weight is 311 g/mol. The molecule has 0 fully saturated rings. The Labute approximate surface area is 134 Å². The summed E-state index contributed by atoms with van der Waals surface area (Å²) >= 11 is 0. The number of carbonyl (C=O) groups is 1. The molecule has 0 unspecified atom stereocenters. The summed E-state index contributed by atoms with van der Waals surface area (Å²) in [5.74, 6) is 0.169. The Morgan fingerprint density at radius 1 is 1.30 bits per heavy atom. The zero-order valence-corrected chi connectivity index (χ0v) is 12.7. The van der Waals surface area contributed by atoms with Gasteiger partial charge in [-0.2, -0.15) is 10.1 Å². The van der Waals surface area contributed by atoms with Gasteiger partial charge in [0.25, 0.3) is 5.91 Å². The molecule has 2 aromatic rings. The molecule has 1 aliphatic heterocycles. The molecule has 118 valence electrons. The van der Waals surface area contributed by atoms with Gasteiger partial charge in [0, 0.05) is 30.1 Å². The third-order valence-electron chi connectivity index (χ3n) is 3.59. The summed E-state index contributed by atoms with van der Waals surface area (Å²) in [5, 5.41) is 16.2. The van der Waals surface area contributed by atoms with Crippen LogP contribution in [0.3, 0.4) is 0 Å². The fourth-order valence-corrected chi connectivity index (χ4v) is 2.53. The van der Waals surface area contributed by atoms with Gasteiger partial charge in [0.2, 0.25) is 0 Å². The van der Waals surface area contributed by atoms with E-state index in [2.05, 4.69) is 10.1 Å². The molecule has 2 heterocycles. The summed E-state index contributed by atoms with van der Waals surface area (Å²) in [6.45, 7) is 1.57. The van der Waals surface area contributed by atoms with Gasteiger partial charge in [-0.05, 0) is 25.1 Å². The highest BCUT2D eigenvalue weighted by Gasteiger charge is 2.45. The van der Waals surface area contributed by atoms with E-state index in [4.69, 9.17) is 4.74 Å². The topological polar surface area (TPSA) is 75.0 Å². The molecule has 1 atom stereocenters. The van der Waals surface area contributed by atoms with E-state index in [1.807, 2.05) is 18.2 Å². The van der Waals surface area contributed by atoms with Gasteiger partial charge in [0.05, 0.1) is 0 Å². The minimum atomic E-state index is -1.52. The number of hydrogen-bond donors (Lipinski definition) is 1. The van der Waals surface area contributed by atoms with Crippen molar-refractivity contribution in [3.05, 3.63) is 60.4 Å². The van der Waals surface area contributed by atoms with Crippen molar-refractivity contribution in [2.75, 3.05) is 6.61 Å². The number of carbonyl (C=O) groups excluding carboxylic acids is 1. The normalized spacial score (nSPS) is 20.3. The first-order valence-corrected chi connectivity index (χ1v) is 7.27. The molecule has 0 aliphatic carbocycles. The summed E-state index contributed by atoms with van der Waals surface area (Å²) in [7, 11) is 0. The number of para-hydroxylation sites is 1. The second-order valence-corrected chi connectivity index (χ2v) is 5.38. The van der Waals surface area contributed by atoms with Crippen LogP contribution in [0.25, 0.3) is 0 Å². The summed E-state index contributed by atoms with van der Waals surface area (Å²) in [6.07, 6.45) is 3.39. The van der Waals surface area contributed by atoms with Crippen LogP contribution in [0.4, 0.5) is 0 Å². The van der Waals surface area contributed by atoms with Crippen molar-refractivity contribution in [1.82, 2.24) is 9.99 Å². The Balaban J connectivity index is 1.77. The number of nitrogens with zero attached hydrogens (tertiary/aromatic N) is 3. The highest BCUT2D eigenvalue weighted by atomic mass is 16.5. The van der Waals surface area contributed by atoms with Crippen molar-refractivity contribution >= 4 is 11.6 Å². The minimum Gasteiger partial charge on any atom is -0.484 e. The van der Waals surface area contributed by atoms with Gasteiger partial charge in [-0.3, -0.25) is 9.78 Å². The lowest BCUT2D eigenvalue weighted by Gasteiger charge is -2.31. The fourth-order valence-electron chi connectivity index (χ4n) is 2.53. The lowest BCUT2D eigenvalue weighted by molar-refractivity contribution is -0.159. The number of aromatic nitrogens is 1. The lowest BCUT2D eigenvalue weighted by Crippen LogP contribution is -2.45. The Morgan fingerprint density at radius 3 is 2.78 bits per heavy atom. The van der Waals surface area contributed by atoms with Crippen LogP contribution in [-0.4, -0.2) is 33.3 Å². The average Bonchev–Trinajstić information content (AvgIpc) is 2.90. The Hall–Kier alpha value is -2.73. The van der Waals surface area contributed by atoms with Crippen LogP contribution in [0, 0.1) is 0 Å². The molecule has 0 radical (unpaired) electrons. The molecular formula is C17H17N3O3. The molecule has 3 rings (SSSR count). The first kappa shape index (κ1) is 15.2. The molecule has 1 aromatic heterocycles. The number of hydrazone groups is 1. The largest absolute Gasteiger partial charge is 0.484 e. The third kappa shape index (κ3) is 3.07. The standard InChI is InChI=1S/C17H17N3O3/c1-13-10-17(22,14-6-5-9-18-11-14)20(19-13)16(21)12-23-15-7-3-2-4-8-15/h2-9,11,22H,10,12H2,1H3/t17-/m1/s1. The van der Waals surface area contributed by atoms with Crippen LogP contribution in [0.1, 0.15) is 18.9 Å². The van der Waals surface area contributed by atoms with Crippen LogP contribution in [0.5, 0.6) is 5.75 Å². The van der Waals surface area contributed by atoms with Gasteiger partial charge < -0.3 is 9.84 Å². The molecule has 0 bridgehead atoms. The molecule has 0 saturated heterocycles. The second-order valence-electron chi connectivity index (χ2n) is 5.38. The van der Waals surface area contributed by atoms with Crippen molar-refractivity contribution in [3.63, 3.8) is 0 Å². The van der Waals surface area contributed by atoms with E-state index in [1.165, 1.54) is 6.20 Å². The van der Waals surface area contributed by atoms with Crippen molar-refractivity contribution in [2.45, 2.75) is 19.1 Å². The SMILES string of the molecule is CC1=NN(C(=O)COc2ccccc2)[C@](O)(c2cccnc2)C1.